The topological polar surface area (TPSA) is 87.7 Å². The molecule has 0 heterocycles. The van der Waals surface area contributed by atoms with E-state index in [1.807, 2.05) is 30.3 Å². The second-order valence-corrected chi connectivity index (χ2v) is 5.40. The third-order valence-corrected chi connectivity index (χ3v) is 3.40. The van der Waals surface area contributed by atoms with Gasteiger partial charge in [-0.05, 0) is 48.5 Å². The van der Waals surface area contributed by atoms with Gasteiger partial charge in [0.15, 0.2) is 0 Å². The summed E-state index contributed by atoms with van der Waals surface area (Å²) in [7, 11) is 0. The van der Waals surface area contributed by atoms with Crippen molar-refractivity contribution in [3.8, 4) is 17.2 Å². The highest BCUT2D eigenvalue weighted by atomic mass is 16.5. The Balaban J connectivity index is 1.58. The Morgan fingerprint density at radius 2 is 1.31 bits per heavy atom. The summed E-state index contributed by atoms with van der Waals surface area (Å²) >= 11 is 0. The number of carbonyl (C=O) groups is 2. The van der Waals surface area contributed by atoms with Crippen LogP contribution in [0.5, 0.6) is 17.2 Å². The van der Waals surface area contributed by atoms with Crippen molar-refractivity contribution in [2.45, 2.75) is 0 Å². The fraction of sp³-hybridized carbons (Fsp3) is 0. The number of carbonyl (C=O) groups excluding carboxylic acids is 2. The number of hydrogen-bond donors (Lipinski definition) is 3. The third-order valence-electron chi connectivity index (χ3n) is 3.40. The van der Waals surface area contributed by atoms with E-state index in [2.05, 4.69) is 10.6 Å². The number of hydrogen-bond acceptors (Lipinski definition) is 4. The molecule has 3 aromatic rings. The molecule has 3 N–H and O–H groups in total. The summed E-state index contributed by atoms with van der Waals surface area (Å²) in [6, 6.07) is 21.9. The molecular formula is C20H16N2O4. The van der Waals surface area contributed by atoms with Crippen LogP contribution in [0.15, 0.2) is 78.9 Å². The average molecular weight is 348 g/mol. The number of amides is 2. The molecule has 0 aromatic heterocycles. The van der Waals surface area contributed by atoms with E-state index in [4.69, 9.17) is 4.74 Å². The van der Waals surface area contributed by atoms with Crippen LogP contribution in [0.1, 0.15) is 0 Å². The number of ether oxygens (including phenoxy) is 1. The molecule has 0 aliphatic heterocycles. The van der Waals surface area contributed by atoms with E-state index < -0.39 is 11.8 Å². The molecule has 3 aromatic carbocycles. The molecule has 0 atom stereocenters. The smallest absolute Gasteiger partial charge is 0.314 e. The first-order valence-corrected chi connectivity index (χ1v) is 7.84. The third kappa shape index (κ3) is 4.61. The van der Waals surface area contributed by atoms with Gasteiger partial charge in [-0.2, -0.15) is 0 Å². The number of aromatic hydroxyl groups is 1. The quantitative estimate of drug-likeness (QED) is 0.627. The molecule has 0 fully saturated rings. The van der Waals surface area contributed by atoms with Crippen LogP contribution in [0.25, 0.3) is 0 Å². The molecule has 3 rings (SSSR count). The minimum absolute atomic E-state index is 0.00258. The molecule has 0 bridgehead atoms. The summed E-state index contributed by atoms with van der Waals surface area (Å²) in [6.07, 6.45) is 0. The van der Waals surface area contributed by atoms with E-state index in [9.17, 15) is 14.7 Å². The molecule has 130 valence electrons. The summed E-state index contributed by atoms with van der Waals surface area (Å²) in [5.41, 5.74) is 0.790. The van der Waals surface area contributed by atoms with E-state index in [1.165, 1.54) is 12.1 Å². The van der Waals surface area contributed by atoms with Crippen molar-refractivity contribution in [3.05, 3.63) is 78.9 Å². The minimum Gasteiger partial charge on any atom is -0.508 e. The van der Waals surface area contributed by atoms with Crippen LogP contribution in [-0.2, 0) is 9.59 Å². The van der Waals surface area contributed by atoms with Gasteiger partial charge in [0, 0.05) is 17.4 Å². The predicted molar refractivity (Wildman–Crippen MR) is 98.3 cm³/mol. The van der Waals surface area contributed by atoms with Crippen LogP contribution < -0.4 is 15.4 Å². The van der Waals surface area contributed by atoms with Gasteiger partial charge in [-0.3, -0.25) is 9.59 Å². The Hall–Kier alpha value is -3.80. The number of phenolic OH excluding ortho intramolecular Hbond substituents is 1. The molecule has 0 saturated carbocycles. The van der Waals surface area contributed by atoms with Crippen molar-refractivity contribution in [3.63, 3.8) is 0 Å². The monoisotopic (exact) mass is 348 g/mol. The Morgan fingerprint density at radius 3 is 1.96 bits per heavy atom. The Labute approximate surface area is 150 Å². The van der Waals surface area contributed by atoms with Gasteiger partial charge in [-0.1, -0.05) is 24.3 Å². The standard InChI is InChI=1S/C20H16N2O4/c23-16-6-4-5-15(13-16)22-20(25)19(24)21-14-9-11-18(12-10-14)26-17-7-2-1-3-8-17/h1-13,23H,(H,21,24)(H,22,25). The number of rotatable bonds is 4. The maximum Gasteiger partial charge on any atom is 0.314 e. The first-order valence-electron chi connectivity index (χ1n) is 7.84. The highest BCUT2D eigenvalue weighted by molar-refractivity contribution is 6.43. The van der Waals surface area contributed by atoms with Gasteiger partial charge in [-0.25, -0.2) is 0 Å². The van der Waals surface area contributed by atoms with E-state index in [-0.39, 0.29) is 5.75 Å². The van der Waals surface area contributed by atoms with Gasteiger partial charge in [0.2, 0.25) is 0 Å². The lowest BCUT2D eigenvalue weighted by atomic mass is 10.3. The molecule has 26 heavy (non-hydrogen) atoms. The lowest BCUT2D eigenvalue weighted by Gasteiger charge is -2.08. The number of anilines is 2. The molecule has 0 spiro atoms. The highest BCUT2D eigenvalue weighted by Gasteiger charge is 2.14. The summed E-state index contributed by atoms with van der Waals surface area (Å²) in [5, 5.41) is 14.3. The average Bonchev–Trinajstić information content (AvgIpc) is 2.64. The van der Waals surface area contributed by atoms with Gasteiger partial charge in [0.1, 0.15) is 17.2 Å². The van der Waals surface area contributed by atoms with Crippen molar-refractivity contribution in [2.75, 3.05) is 10.6 Å². The highest BCUT2D eigenvalue weighted by Crippen LogP contribution is 2.22. The van der Waals surface area contributed by atoms with Crippen molar-refractivity contribution < 1.29 is 19.4 Å². The maximum absolute atomic E-state index is 12.0. The van der Waals surface area contributed by atoms with Crippen molar-refractivity contribution >= 4 is 23.2 Å². The molecule has 2 amide bonds. The second-order valence-electron chi connectivity index (χ2n) is 5.40. The SMILES string of the molecule is O=C(Nc1ccc(Oc2ccccc2)cc1)C(=O)Nc1cccc(O)c1. The van der Waals surface area contributed by atoms with Crippen LogP contribution in [0.3, 0.4) is 0 Å². The van der Waals surface area contributed by atoms with Crippen molar-refractivity contribution in [2.24, 2.45) is 0 Å². The second kappa shape index (κ2) is 7.85. The van der Waals surface area contributed by atoms with E-state index in [0.717, 1.165) is 0 Å². The van der Waals surface area contributed by atoms with Crippen LogP contribution in [0, 0.1) is 0 Å². The van der Waals surface area contributed by atoms with E-state index >= 15 is 0 Å². The number of benzene rings is 3. The minimum atomic E-state index is -0.833. The Bertz CT molecular complexity index is 909. The van der Waals surface area contributed by atoms with Crippen LogP contribution in [0.4, 0.5) is 11.4 Å². The Kier molecular flexibility index (Phi) is 5.14. The Morgan fingerprint density at radius 1 is 0.692 bits per heavy atom. The summed E-state index contributed by atoms with van der Waals surface area (Å²) in [6.45, 7) is 0. The first-order chi connectivity index (χ1) is 12.6. The summed E-state index contributed by atoms with van der Waals surface area (Å²) in [5.74, 6) is -0.337. The summed E-state index contributed by atoms with van der Waals surface area (Å²) < 4.78 is 5.66. The molecule has 0 aliphatic rings. The van der Waals surface area contributed by atoms with Crippen LogP contribution >= 0.6 is 0 Å². The first kappa shape index (κ1) is 17.0. The van der Waals surface area contributed by atoms with E-state index in [0.29, 0.717) is 22.9 Å². The molecule has 0 radical (unpaired) electrons. The molecule has 6 nitrogen and oxygen atoms in total. The molecular weight excluding hydrogens is 332 g/mol. The summed E-state index contributed by atoms with van der Waals surface area (Å²) in [4.78, 5) is 23.9. The largest absolute Gasteiger partial charge is 0.508 e. The fourth-order valence-electron chi connectivity index (χ4n) is 2.19. The maximum atomic E-state index is 12.0. The van der Waals surface area contributed by atoms with Gasteiger partial charge >= 0.3 is 11.8 Å². The van der Waals surface area contributed by atoms with Crippen molar-refractivity contribution in [1.82, 2.24) is 0 Å². The van der Waals surface area contributed by atoms with E-state index in [1.54, 1.807) is 36.4 Å². The molecule has 6 heteroatoms. The van der Waals surface area contributed by atoms with Gasteiger partial charge in [-0.15, -0.1) is 0 Å². The van der Waals surface area contributed by atoms with Crippen LogP contribution in [0.2, 0.25) is 0 Å². The molecule has 0 saturated heterocycles. The number of phenols is 1. The zero-order valence-corrected chi connectivity index (χ0v) is 13.7. The molecule has 0 aliphatic carbocycles. The number of nitrogens with one attached hydrogen (secondary N) is 2. The van der Waals surface area contributed by atoms with Gasteiger partial charge in [0.05, 0.1) is 0 Å². The zero-order chi connectivity index (χ0) is 18.4. The van der Waals surface area contributed by atoms with Gasteiger partial charge in [0.25, 0.3) is 0 Å². The fourth-order valence-corrected chi connectivity index (χ4v) is 2.19. The number of para-hydroxylation sites is 1. The lowest BCUT2D eigenvalue weighted by Crippen LogP contribution is -2.29. The lowest BCUT2D eigenvalue weighted by molar-refractivity contribution is -0.132. The zero-order valence-electron chi connectivity index (χ0n) is 13.7. The van der Waals surface area contributed by atoms with Crippen LogP contribution in [-0.4, -0.2) is 16.9 Å². The van der Waals surface area contributed by atoms with Crippen molar-refractivity contribution in [1.29, 1.82) is 0 Å². The normalized spacial score (nSPS) is 10.0. The van der Waals surface area contributed by atoms with Gasteiger partial charge < -0.3 is 20.5 Å². The molecule has 0 unspecified atom stereocenters. The predicted octanol–water partition coefficient (Wildman–Crippen LogP) is 3.76.